The zero-order chi connectivity index (χ0) is 13.1. The third-order valence-corrected chi connectivity index (χ3v) is 3.86. The van der Waals surface area contributed by atoms with Gasteiger partial charge in [-0.3, -0.25) is 5.10 Å². The molecule has 0 fully saturated rings. The van der Waals surface area contributed by atoms with Gasteiger partial charge >= 0.3 is 0 Å². The van der Waals surface area contributed by atoms with Gasteiger partial charge in [-0.25, -0.2) is 4.07 Å². The van der Waals surface area contributed by atoms with Gasteiger partial charge in [0.2, 0.25) is 0 Å². The molecular formula is C15H11N3S. The number of fused-ring (bicyclic) bond motifs is 1. The number of H-pyrrole nitrogens is 1. The quantitative estimate of drug-likeness (QED) is 0.709. The van der Waals surface area contributed by atoms with Gasteiger partial charge in [-0.1, -0.05) is 30.3 Å². The van der Waals surface area contributed by atoms with E-state index in [4.69, 9.17) is 0 Å². The van der Waals surface area contributed by atoms with Crippen LogP contribution in [0.3, 0.4) is 0 Å². The van der Waals surface area contributed by atoms with Gasteiger partial charge < -0.3 is 0 Å². The molecule has 0 saturated heterocycles. The minimum atomic E-state index is 0.648. The lowest BCUT2D eigenvalue weighted by atomic mass is 10.2. The van der Waals surface area contributed by atoms with E-state index in [1.165, 1.54) is 0 Å². The highest BCUT2D eigenvalue weighted by molar-refractivity contribution is 7.13. The monoisotopic (exact) mass is 265 g/mol. The van der Waals surface area contributed by atoms with Crippen LogP contribution < -0.4 is 0 Å². The number of aromatic nitrogens is 2. The Balaban J connectivity index is 2.29. The van der Waals surface area contributed by atoms with Gasteiger partial charge in [0.05, 0.1) is 16.0 Å². The van der Waals surface area contributed by atoms with Crippen molar-refractivity contribution in [2.45, 2.75) is 0 Å². The van der Waals surface area contributed by atoms with Crippen LogP contribution in [0.15, 0.2) is 60.8 Å². The lowest BCUT2D eigenvalue weighted by Gasteiger charge is -2.04. The van der Waals surface area contributed by atoms with E-state index in [9.17, 15) is 5.26 Å². The molecule has 3 rings (SSSR count). The van der Waals surface area contributed by atoms with Crippen LogP contribution in [-0.2, 0) is 0 Å². The fraction of sp³-hybridized carbons (Fsp3) is 0. The molecule has 1 heterocycles. The van der Waals surface area contributed by atoms with Crippen molar-refractivity contribution in [3.63, 3.8) is 0 Å². The van der Waals surface area contributed by atoms with E-state index >= 15 is 0 Å². The highest BCUT2D eigenvalue weighted by Crippen LogP contribution is 2.20. The van der Waals surface area contributed by atoms with Crippen LogP contribution in [-0.4, -0.2) is 9.17 Å². The summed E-state index contributed by atoms with van der Waals surface area (Å²) in [6, 6.07) is 20.0. The maximum atomic E-state index is 9.18. The third-order valence-electron chi connectivity index (χ3n) is 2.81. The molecule has 0 saturated carbocycles. The maximum Gasteiger partial charge on any atom is 0.101 e. The second kappa shape index (κ2) is 5.01. The predicted octanol–water partition coefficient (Wildman–Crippen LogP) is 4.02. The largest absolute Gasteiger partial charge is 0.292 e. The van der Waals surface area contributed by atoms with Crippen molar-refractivity contribution in [3.8, 4) is 11.8 Å². The normalized spacial score (nSPS) is 10.1. The van der Waals surface area contributed by atoms with Crippen molar-refractivity contribution in [2.24, 2.45) is 0 Å². The summed E-state index contributed by atoms with van der Waals surface area (Å²) in [6.07, 6.45) is 1.88. The number of rotatable bonds is 1. The number of nitrogens with zero attached hydrogens (tertiary/aromatic N) is 2. The summed E-state index contributed by atoms with van der Waals surface area (Å²) in [4.78, 5) is 0. The summed E-state index contributed by atoms with van der Waals surface area (Å²) in [5, 5.41) is 13.5. The molecule has 0 radical (unpaired) electrons. The topological polar surface area (TPSA) is 44.5 Å². The van der Waals surface area contributed by atoms with Gasteiger partial charge in [0.25, 0.3) is 0 Å². The van der Waals surface area contributed by atoms with Gasteiger partial charge in [0.15, 0.2) is 0 Å². The molecule has 4 heteroatoms. The van der Waals surface area contributed by atoms with E-state index in [1.807, 2.05) is 52.7 Å². The van der Waals surface area contributed by atoms with E-state index in [-0.39, 0.29) is 0 Å². The Morgan fingerprint density at radius 1 is 1.00 bits per heavy atom. The maximum absolute atomic E-state index is 9.18. The summed E-state index contributed by atoms with van der Waals surface area (Å²) in [7, 11) is 0. The first kappa shape index (κ1) is 11.6. The van der Waals surface area contributed by atoms with Crippen LogP contribution in [0.1, 0.15) is 5.56 Å². The summed E-state index contributed by atoms with van der Waals surface area (Å²) in [5.74, 6) is 0. The van der Waals surface area contributed by atoms with Gasteiger partial charge in [-0.15, -0.1) is 0 Å². The van der Waals surface area contributed by atoms with E-state index in [0.29, 0.717) is 5.56 Å². The van der Waals surface area contributed by atoms with Crippen LogP contribution >= 0.6 is 11.5 Å². The summed E-state index contributed by atoms with van der Waals surface area (Å²) in [5.41, 5.74) is 1.51. The van der Waals surface area contributed by atoms with Crippen molar-refractivity contribution < 1.29 is 0 Å². The van der Waals surface area contributed by atoms with E-state index in [0.717, 1.165) is 15.8 Å². The van der Waals surface area contributed by atoms with Crippen LogP contribution in [0.2, 0.25) is 0 Å². The minimum absolute atomic E-state index is 0.648. The highest BCUT2D eigenvalue weighted by atomic mass is 32.1. The Morgan fingerprint density at radius 3 is 2.68 bits per heavy atom. The van der Waals surface area contributed by atoms with E-state index in [1.54, 1.807) is 11.5 Å². The molecule has 3 nitrogen and oxygen atoms in total. The molecule has 0 bridgehead atoms. The van der Waals surface area contributed by atoms with Crippen LogP contribution in [0.4, 0.5) is 0 Å². The van der Waals surface area contributed by atoms with Gasteiger partial charge in [-0.2, -0.15) is 5.26 Å². The molecule has 0 aliphatic rings. The van der Waals surface area contributed by atoms with Crippen molar-refractivity contribution in [3.05, 3.63) is 66.4 Å². The zero-order valence-corrected chi connectivity index (χ0v) is 10.9. The minimum Gasteiger partial charge on any atom is -0.292 e. The Labute approximate surface area is 114 Å². The lowest BCUT2D eigenvalue weighted by Crippen LogP contribution is -1.96. The van der Waals surface area contributed by atoms with Crippen molar-refractivity contribution in [1.29, 1.82) is 5.26 Å². The molecule has 0 atom stereocenters. The average Bonchev–Trinajstić information content (AvgIpc) is 2.69. The van der Waals surface area contributed by atoms with Gasteiger partial charge in [-0.05, 0) is 41.2 Å². The molecule has 3 aromatic rings. The molecule has 2 aromatic carbocycles. The first-order valence-corrected chi connectivity index (χ1v) is 6.65. The fourth-order valence-corrected chi connectivity index (χ4v) is 2.83. The summed E-state index contributed by atoms with van der Waals surface area (Å²) < 4.78 is 3.05. The summed E-state index contributed by atoms with van der Waals surface area (Å²) in [6.45, 7) is 0. The molecule has 0 spiro atoms. The fourth-order valence-electron chi connectivity index (χ4n) is 1.88. The first-order chi connectivity index (χ1) is 9.38. The zero-order valence-electron chi connectivity index (χ0n) is 10.1. The standard InChI is InChI=1S/C15H11N3S/c16-11-13-6-1-3-7-14(13)18-17-10-9-12-5-2-4-8-15(12)19-18/h1-10,17H. The Morgan fingerprint density at radius 2 is 1.79 bits per heavy atom. The van der Waals surface area contributed by atoms with Crippen LogP contribution in [0.25, 0.3) is 15.8 Å². The number of nitriles is 1. The average molecular weight is 265 g/mol. The van der Waals surface area contributed by atoms with Crippen LogP contribution in [0, 0.1) is 11.3 Å². The molecular weight excluding hydrogens is 254 g/mol. The number of hydrogen-bond donors (Lipinski definition) is 1. The molecule has 92 valence electrons. The van der Waals surface area contributed by atoms with Crippen LogP contribution in [0.5, 0.6) is 0 Å². The second-order valence-corrected chi connectivity index (χ2v) is 5.00. The molecule has 0 aliphatic heterocycles. The highest BCUT2D eigenvalue weighted by Gasteiger charge is 2.02. The lowest BCUT2D eigenvalue weighted by molar-refractivity contribution is 0.940. The third kappa shape index (κ3) is 2.24. The van der Waals surface area contributed by atoms with E-state index < -0.39 is 0 Å². The number of nitrogens with one attached hydrogen (secondary N) is 1. The van der Waals surface area contributed by atoms with Crippen molar-refractivity contribution in [1.82, 2.24) is 9.17 Å². The molecule has 1 aromatic heterocycles. The van der Waals surface area contributed by atoms with Gasteiger partial charge in [0.1, 0.15) is 6.07 Å². The molecule has 1 N–H and O–H groups in total. The number of benzene rings is 2. The Kier molecular flexibility index (Phi) is 3.05. The smallest absolute Gasteiger partial charge is 0.101 e. The van der Waals surface area contributed by atoms with E-state index in [2.05, 4.69) is 23.3 Å². The molecule has 0 aliphatic carbocycles. The predicted molar refractivity (Wildman–Crippen MR) is 77.8 cm³/mol. The molecule has 0 amide bonds. The van der Waals surface area contributed by atoms with Crippen molar-refractivity contribution in [2.75, 3.05) is 0 Å². The SMILES string of the molecule is N#Cc1ccccc1-n1[nH]ccc2ccccc2s1. The number of aromatic amines is 1. The second-order valence-electron chi connectivity index (χ2n) is 4.01. The molecule has 19 heavy (non-hydrogen) atoms. The summed E-state index contributed by atoms with van der Waals surface area (Å²) >= 11 is 1.57. The van der Waals surface area contributed by atoms with Gasteiger partial charge in [0, 0.05) is 6.20 Å². The number of para-hydroxylation sites is 1. The Bertz CT molecular complexity index is 800. The van der Waals surface area contributed by atoms with Crippen molar-refractivity contribution >= 4 is 21.6 Å². The first-order valence-electron chi connectivity index (χ1n) is 5.87. The Hall–Kier alpha value is -2.51. The number of hydrogen-bond acceptors (Lipinski definition) is 2. The molecule has 0 unspecified atom stereocenters.